The van der Waals surface area contributed by atoms with Gasteiger partial charge in [-0.3, -0.25) is 0 Å². The van der Waals surface area contributed by atoms with E-state index in [-0.39, 0.29) is 12.1 Å². The summed E-state index contributed by atoms with van der Waals surface area (Å²) in [6, 6.07) is 1.18. The first kappa shape index (κ1) is 25.0. The Hall–Kier alpha value is -3.11. The molecular formula is C24H30F4N6O. The molecule has 0 atom stereocenters. The van der Waals surface area contributed by atoms with Crippen LogP contribution in [0.25, 0.3) is 0 Å². The van der Waals surface area contributed by atoms with Gasteiger partial charge in [0.25, 0.3) is 0 Å². The Kier molecular flexibility index (Phi) is 7.32. The second-order valence-corrected chi connectivity index (χ2v) is 9.38. The lowest BCUT2D eigenvalue weighted by Gasteiger charge is -2.30. The minimum atomic E-state index is -4.62. The average Bonchev–Trinajstić information content (AvgIpc) is 2.80. The van der Waals surface area contributed by atoms with Crippen LogP contribution in [-0.2, 0) is 19.0 Å². The SMILES string of the molecule is CN(C)c1nc(NC2CCC(NC(=O)Nc3cc(C(F)(F)F)ccc3F)CC2)nc2c1CCCC2. The number of halogens is 4. The van der Waals surface area contributed by atoms with E-state index in [2.05, 4.69) is 16.0 Å². The number of rotatable bonds is 5. The Balaban J connectivity index is 1.31. The summed E-state index contributed by atoms with van der Waals surface area (Å²) in [5.41, 5.74) is 0.797. The van der Waals surface area contributed by atoms with Gasteiger partial charge in [-0.25, -0.2) is 14.2 Å². The first-order valence-corrected chi connectivity index (χ1v) is 11.9. The predicted molar refractivity (Wildman–Crippen MR) is 126 cm³/mol. The smallest absolute Gasteiger partial charge is 0.362 e. The van der Waals surface area contributed by atoms with Gasteiger partial charge in [0.2, 0.25) is 5.95 Å². The Morgan fingerprint density at radius 2 is 1.71 bits per heavy atom. The molecule has 1 heterocycles. The number of hydrogen-bond donors (Lipinski definition) is 3. The number of anilines is 3. The molecule has 4 rings (SSSR count). The van der Waals surface area contributed by atoms with Gasteiger partial charge < -0.3 is 20.9 Å². The number of benzene rings is 1. The summed E-state index contributed by atoms with van der Waals surface area (Å²) in [7, 11) is 3.96. The molecule has 0 radical (unpaired) electrons. The summed E-state index contributed by atoms with van der Waals surface area (Å²) in [6.07, 6.45) is 2.46. The Morgan fingerprint density at radius 3 is 2.40 bits per heavy atom. The van der Waals surface area contributed by atoms with E-state index >= 15 is 0 Å². The topological polar surface area (TPSA) is 82.2 Å². The van der Waals surface area contributed by atoms with Crippen molar-refractivity contribution in [3.63, 3.8) is 0 Å². The van der Waals surface area contributed by atoms with Crippen LogP contribution in [0.15, 0.2) is 18.2 Å². The highest BCUT2D eigenvalue weighted by molar-refractivity contribution is 5.89. The quantitative estimate of drug-likeness (QED) is 0.503. The van der Waals surface area contributed by atoms with Gasteiger partial charge in [0.1, 0.15) is 11.6 Å². The number of aromatic nitrogens is 2. The van der Waals surface area contributed by atoms with Crippen LogP contribution in [0.4, 0.5) is 39.8 Å². The first-order valence-electron chi connectivity index (χ1n) is 11.9. The lowest BCUT2D eigenvalue weighted by atomic mass is 9.91. The third-order valence-electron chi connectivity index (χ3n) is 6.52. The molecule has 1 fully saturated rings. The predicted octanol–water partition coefficient (Wildman–Crippen LogP) is 5.12. The molecule has 0 bridgehead atoms. The Morgan fingerprint density at radius 1 is 1.03 bits per heavy atom. The second-order valence-electron chi connectivity index (χ2n) is 9.38. The van der Waals surface area contributed by atoms with E-state index in [1.165, 1.54) is 5.56 Å². The summed E-state index contributed by atoms with van der Waals surface area (Å²) < 4.78 is 52.5. The third kappa shape index (κ3) is 6.12. The number of fused-ring (bicyclic) bond motifs is 1. The van der Waals surface area contributed by atoms with E-state index in [9.17, 15) is 22.4 Å². The van der Waals surface area contributed by atoms with Crippen LogP contribution >= 0.6 is 0 Å². The number of nitrogens with one attached hydrogen (secondary N) is 3. The first-order chi connectivity index (χ1) is 16.6. The molecule has 190 valence electrons. The van der Waals surface area contributed by atoms with Crippen LogP contribution in [0.2, 0.25) is 0 Å². The summed E-state index contributed by atoms with van der Waals surface area (Å²) in [5.74, 6) is 0.637. The van der Waals surface area contributed by atoms with Crippen LogP contribution in [0, 0.1) is 5.82 Å². The summed E-state index contributed by atoms with van der Waals surface area (Å²) >= 11 is 0. The van der Waals surface area contributed by atoms with Crippen molar-refractivity contribution in [2.75, 3.05) is 29.6 Å². The van der Waals surface area contributed by atoms with Gasteiger partial charge in [-0.05, 0) is 69.6 Å². The Labute approximate surface area is 201 Å². The molecule has 2 amide bonds. The van der Waals surface area contributed by atoms with Gasteiger partial charge in [0.05, 0.1) is 16.9 Å². The van der Waals surface area contributed by atoms with E-state index in [0.717, 1.165) is 50.0 Å². The summed E-state index contributed by atoms with van der Waals surface area (Å²) in [4.78, 5) is 23.8. The fraction of sp³-hybridized carbons (Fsp3) is 0.542. The number of urea groups is 1. The molecule has 2 aliphatic rings. The molecule has 0 unspecified atom stereocenters. The molecule has 1 saturated carbocycles. The van der Waals surface area contributed by atoms with E-state index in [4.69, 9.17) is 9.97 Å². The van der Waals surface area contributed by atoms with Gasteiger partial charge in [-0.2, -0.15) is 18.2 Å². The molecule has 7 nitrogen and oxygen atoms in total. The van der Waals surface area contributed by atoms with E-state index in [1.54, 1.807) is 0 Å². The number of hydrogen-bond acceptors (Lipinski definition) is 5. The van der Waals surface area contributed by atoms with Crippen LogP contribution < -0.4 is 20.9 Å². The highest BCUT2D eigenvalue weighted by Gasteiger charge is 2.31. The van der Waals surface area contributed by atoms with Crippen molar-refractivity contribution in [3.8, 4) is 0 Å². The van der Waals surface area contributed by atoms with Crippen molar-refractivity contribution in [1.82, 2.24) is 15.3 Å². The fourth-order valence-electron chi connectivity index (χ4n) is 4.71. The van der Waals surface area contributed by atoms with Crippen molar-refractivity contribution < 1.29 is 22.4 Å². The molecule has 1 aromatic heterocycles. The number of amides is 2. The number of aryl methyl sites for hydroxylation is 1. The third-order valence-corrected chi connectivity index (χ3v) is 6.52. The molecule has 2 aromatic rings. The van der Waals surface area contributed by atoms with Crippen molar-refractivity contribution in [2.24, 2.45) is 0 Å². The molecule has 0 aliphatic heterocycles. The minimum absolute atomic E-state index is 0.147. The number of nitrogens with zero attached hydrogens (tertiary/aromatic N) is 3. The second kappa shape index (κ2) is 10.2. The maximum atomic E-state index is 13.9. The molecular weight excluding hydrogens is 464 g/mol. The highest BCUT2D eigenvalue weighted by atomic mass is 19.4. The largest absolute Gasteiger partial charge is 0.416 e. The Bertz CT molecular complexity index is 1070. The molecule has 0 spiro atoms. The van der Waals surface area contributed by atoms with E-state index in [1.807, 2.05) is 19.0 Å². The molecule has 2 aliphatic carbocycles. The monoisotopic (exact) mass is 494 g/mol. The van der Waals surface area contributed by atoms with Crippen LogP contribution in [0.3, 0.4) is 0 Å². The van der Waals surface area contributed by atoms with Crippen molar-refractivity contribution in [2.45, 2.75) is 69.6 Å². The highest BCUT2D eigenvalue weighted by Crippen LogP contribution is 2.32. The average molecular weight is 495 g/mol. The zero-order valence-electron chi connectivity index (χ0n) is 19.8. The molecule has 35 heavy (non-hydrogen) atoms. The van der Waals surface area contributed by atoms with Gasteiger partial charge in [0, 0.05) is 31.7 Å². The fourth-order valence-corrected chi connectivity index (χ4v) is 4.71. The summed E-state index contributed by atoms with van der Waals surface area (Å²) in [5, 5.41) is 8.37. The number of carbonyl (C=O) groups is 1. The van der Waals surface area contributed by atoms with E-state index < -0.39 is 29.3 Å². The molecule has 11 heteroatoms. The minimum Gasteiger partial charge on any atom is -0.362 e. The zero-order valence-corrected chi connectivity index (χ0v) is 19.8. The lowest BCUT2D eigenvalue weighted by Crippen LogP contribution is -2.42. The zero-order chi connectivity index (χ0) is 25.2. The maximum Gasteiger partial charge on any atom is 0.416 e. The normalized spacial score (nSPS) is 20.1. The number of alkyl halides is 3. The van der Waals surface area contributed by atoms with E-state index in [0.29, 0.717) is 37.0 Å². The standard InChI is InChI=1S/C24H30F4N6O/c1-34(2)21-17-5-3-4-6-19(17)31-22(33-21)29-15-8-10-16(11-9-15)30-23(35)32-20-13-14(24(26,27)28)7-12-18(20)25/h7,12-13,15-16H,3-6,8-11H2,1-2H3,(H,29,31,33)(H2,30,32,35). The molecule has 0 saturated heterocycles. The van der Waals surface area contributed by atoms with Crippen LogP contribution in [0.5, 0.6) is 0 Å². The van der Waals surface area contributed by atoms with Gasteiger partial charge in [-0.1, -0.05) is 0 Å². The van der Waals surface area contributed by atoms with Crippen LogP contribution in [0.1, 0.15) is 55.3 Å². The lowest BCUT2D eigenvalue weighted by molar-refractivity contribution is -0.137. The van der Waals surface area contributed by atoms with Gasteiger partial charge >= 0.3 is 12.2 Å². The maximum absolute atomic E-state index is 13.9. The van der Waals surface area contributed by atoms with Crippen LogP contribution in [-0.4, -0.2) is 42.2 Å². The van der Waals surface area contributed by atoms with Crippen molar-refractivity contribution in [3.05, 3.63) is 40.8 Å². The molecule has 1 aromatic carbocycles. The van der Waals surface area contributed by atoms with Gasteiger partial charge in [0.15, 0.2) is 0 Å². The van der Waals surface area contributed by atoms with Crippen molar-refractivity contribution in [1.29, 1.82) is 0 Å². The molecule has 3 N–H and O–H groups in total. The van der Waals surface area contributed by atoms with Crippen molar-refractivity contribution >= 4 is 23.5 Å². The summed E-state index contributed by atoms with van der Waals surface area (Å²) in [6.45, 7) is 0. The van der Waals surface area contributed by atoms with Gasteiger partial charge in [-0.15, -0.1) is 0 Å². The number of carbonyl (C=O) groups excluding carboxylic acids is 1.